The van der Waals surface area contributed by atoms with Crippen molar-refractivity contribution in [1.29, 1.82) is 0 Å². The van der Waals surface area contributed by atoms with Crippen molar-refractivity contribution in [3.63, 3.8) is 0 Å². The lowest BCUT2D eigenvalue weighted by atomic mass is 10.2. The van der Waals surface area contributed by atoms with Crippen molar-refractivity contribution in [3.8, 4) is 11.6 Å². The number of rotatable bonds is 8. The van der Waals surface area contributed by atoms with Crippen LogP contribution in [-0.2, 0) is 0 Å². The monoisotopic (exact) mass is 368 g/mol. The summed E-state index contributed by atoms with van der Waals surface area (Å²) in [4.78, 5) is 18.8. The minimum atomic E-state index is -0.00896. The van der Waals surface area contributed by atoms with E-state index in [2.05, 4.69) is 11.9 Å². The van der Waals surface area contributed by atoms with Crippen molar-refractivity contribution in [2.24, 2.45) is 0 Å². The number of nitrogens with zero attached hydrogens (tertiary/aromatic N) is 2. The second kappa shape index (κ2) is 9.40. The molecule has 0 radical (unpaired) electrons. The molecule has 0 N–H and O–H groups in total. The summed E-state index contributed by atoms with van der Waals surface area (Å²) in [5.74, 6) is 1.47. The van der Waals surface area contributed by atoms with Crippen molar-refractivity contribution in [2.45, 2.75) is 45.6 Å². The number of ether oxygens (including phenoxy) is 2. The Morgan fingerprint density at radius 1 is 1.19 bits per heavy atom. The van der Waals surface area contributed by atoms with E-state index in [1.54, 1.807) is 6.20 Å². The number of aromatic nitrogens is 1. The van der Waals surface area contributed by atoms with E-state index in [1.807, 2.05) is 48.2 Å². The van der Waals surface area contributed by atoms with Gasteiger partial charge in [-0.25, -0.2) is 4.98 Å². The van der Waals surface area contributed by atoms with Crippen LogP contribution >= 0.6 is 0 Å². The number of hydrogen-bond donors (Lipinski definition) is 0. The Hall–Kier alpha value is -2.56. The minimum Gasteiger partial charge on any atom is -0.494 e. The highest BCUT2D eigenvalue weighted by molar-refractivity contribution is 5.94. The predicted octanol–water partition coefficient (Wildman–Crippen LogP) is 4.25. The molecule has 0 saturated carbocycles. The van der Waals surface area contributed by atoms with E-state index in [0.717, 1.165) is 30.8 Å². The first-order valence-corrected chi connectivity index (χ1v) is 9.77. The first kappa shape index (κ1) is 19.2. The van der Waals surface area contributed by atoms with Gasteiger partial charge in [0.1, 0.15) is 11.9 Å². The molecule has 0 aliphatic carbocycles. The molecule has 2 aromatic rings. The van der Waals surface area contributed by atoms with E-state index >= 15 is 0 Å². The van der Waals surface area contributed by atoms with Gasteiger partial charge in [0, 0.05) is 30.8 Å². The molecule has 1 fully saturated rings. The molecular weight excluding hydrogens is 340 g/mol. The van der Waals surface area contributed by atoms with Crippen LogP contribution in [0.4, 0.5) is 0 Å². The number of unbranched alkanes of at least 4 members (excludes halogenated alkanes) is 2. The van der Waals surface area contributed by atoms with E-state index in [-0.39, 0.29) is 12.0 Å². The topological polar surface area (TPSA) is 51.7 Å². The SMILES string of the molecule is CCCCCOc1ccc(C(=O)N2CCC(Oc3ccc(C)cn3)C2)cc1. The van der Waals surface area contributed by atoms with Crippen LogP contribution in [0.5, 0.6) is 11.6 Å². The molecule has 0 spiro atoms. The van der Waals surface area contributed by atoms with Crippen LogP contribution in [0.15, 0.2) is 42.6 Å². The molecule has 0 bridgehead atoms. The Morgan fingerprint density at radius 2 is 2.00 bits per heavy atom. The van der Waals surface area contributed by atoms with Crippen LogP contribution in [0.25, 0.3) is 0 Å². The molecule has 27 heavy (non-hydrogen) atoms. The number of aryl methyl sites for hydroxylation is 1. The molecule has 3 rings (SSSR count). The minimum absolute atomic E-state index is 0.00896. The van der Waals surface area contributed by atoms with Crippen molar-refractivity contribution in [2.75, 3.05) is 19.7 Å². The fourth-order valence-corrected chi connectivity index (χ4v) is 3.12. The maximum atomic E-state index is 12.7. The van der Waals surface area contributed by atoms with Crippen molar-refractivity contribution < 1.29 is 14.3 Å². The van der Waals surface area contributed by atoms with E-state index in [1.165, 1.54) is 12.8 Å². The lowest BCUT2D eigenvalue weighted by Crippen LogP contribution is -2.31. The Balaban J connectivity index is 1.50. The van der Waals surface area contributed by atoms with Crippen LogP contribution in [-0.4, -0.2) is 41.6 Å². The zero-order chi connectivity index (χ0) is 19.1. The second-order valence-corrected chi connectivity index (χ2v) is 7.03. The van der Waals surface area contributed by atoms with Gasteiger partial charge >= 0.3 is 0 Å². The fraction of sp³-hybridized carbons (Fsp3) is 0.455. The van der Waals surface area contributed by atoms with Crippen LogP contribution in [0.1, 0.15) is 48.5 Å². The molecule has 1 atom stereocenters. The van der Waals surface area contributed by atoms with Gasteiger partial charge in [-0.1, -0.05) is 25.8 Å². The summed E-state index contributed by atoms with van der Waals surface area (Å²) in [6.07, 6.45) is 6.01. The third kappa shape index (κ3) is 5.46. The molecule has 1 amide bonds. The van der Waals surface area contributed by atoms with Gasteiger partial charge in [-0.15, -0.1) is 0 Å². The average Bonchev–Trinajstić information content (AvgIpc) is 3.15. The Kier molecular flexibility index (Phi) is 6.69. The van der Waals surface area contributed by atoms with Gasteiger partial charge in [-0.3, -0.25) is 4.79 Å². The average molecular weight is 368 g/mol. The van der Waals surface area contributed by atoms with Crippen molar-refractivity contribution >= 4 is 5.91 Å². The zero-order valence-corrected chi connectivity index (χ0v) is 16.2. The van der Waals surface area contributed by atoms with E-state index in [9.17, 15) is 4.79 Å². The summed E-state index contributed by atoms with van der Waals surface area (Å²) >= 11 is 0. The summed E-state index contributed by atoms with van der Waals surface area (Å²) in [7, 11) is 0. The smallest absolute Gasteiger partial charge is 0.253 e. The maximum absolute atomic E-state index is 12.7. The highest BCUT2D eigenvalue weighted by Crippen LogP contribution is 2.20. The molecule has 2 heterocycles. The quantitative estimate of drug-likeness (QED) is 0.654. The highest BCUT2D eigenvalue weighted by Gasteiger charge is 2.28. The lowest BCUT2D eigenvalue weighted by Gasteiger charge is -2.17. The molecule has 144 valence electrons. The van der Waals surface area contributed by atoms with Gasteiger partial charge in [0.2, 0.25) is 5.88 Å². The van der Waals surface area contributed by atoms with Gasteiger partial charge in [0.05, 0.1) is 13.2 Å². The molecule has 5 heteroatoms. The van der Waals surface area contributed by atoms with Gasteiger partial charge in [-0.2, -0.15) is 0 Å². The maximum Gasteiger partial charge on any atom is 0.253 e. The largest absolute Gasteiger partial charge is 0.494 e. The normalized spacial score (nSPS) is 16.4. The second-order valence-electron chi connectivity index (χ2n) is 7.03. The number of carbonyl (C=O) groups is 1. The predicted molar refractivity (Wildman–Crippen MR) is 105 cm³/mol. The van der Waals surface area contributed by atoms with E-state index < -0.39 is 0 Å². The number of pyridine rings is 1. The van der Waals surface area contributed by atoms with Gasteiger partial charge in [0.15, 0.2) is 0 Å². The Morgan fingerprint density at radius 3 is 2.70 bits per heavy atom. The molecule has 1 aromatic carbocycles. The van der Waals surface area contributed by atoms with Crippen molar-refractivity contribution in [3.05, 3.63) is 53.7 Å². The van der Waals surface area contributed by atoms with Gasteiger partial charge in [-0.05, 0) is 43.2 Å². The third-order valence-electron chi connectivity index (χ3n) is 4.72. The summed E-state index contributed by atoms with van der Waals surface area (Å²) in [6.45, 7) is 6.17. The third-order valence-corrected chi connectivity index (χ3v) is 4.72. The summed E-state index contributed by atoms with van der Waals surface area (Å²) in [6, 6.07) is 11.3. The van der Waals surface area contributed by atoms with E-state index in [0.29, 0.717) is 24.5 Å². The highest BCUT2D eigenvalue weighted by atomic mass is 16.5. The van der Waals surface area contributed by atoms with Gasteiger partial charge < -0.3 is 14.4 Å². The molecular formula is C22H28N2O3. The molecule has 1 unspecified atom stereocenters. The number of hydrogen-bond acceptors (Lipinski definition) is 4. The fourth-order valence-electron chi connectivity index (χ4n) is 3.12. The molecule has 1 aromatic heterocycles. The van der Waals surface area contributed by atoms with E-state index in [4.69, 9.17) is 9.47 Å². The number of likely N-dealkylation sites (tertiary alicyclic amines) is 1. The Bertz CT molecular complexity index is 728. The van der Waals surface area contributed by atoms with Gasteiger partial charge in [0.25, 0.3) is 5.91 Å². The summed E-state index contributed by atoms with van der Waals surface area (Å²) in [5.41, 5.74) is 1.79. The van der Waals surface area contributed by atoms with Crippen LogP contribution < -0.4 is 9.47 Å². The number of carbonyl (C=O) groups excluding carboxylic acids is 1. The van der Waals surface area contributed by atoms with Crippen LogP contribution in [0.3, 0.4) is 0 Å². The first-order valence-electron chi connectivity index (χ1n) is 9.77. The molecule has 1 saturated heterocycles. The van der Waals surface area contributed by atoms with Crippen molar-refractivity contribution in [1.82, 2.24) is 9.88 Å². The lowest BCUT2D eigenvalue weighted by molar-refractivity contribution is 0.0771. The zero-order valence-electron chi connectivity index (χ0n) is 16.2. The Labute approximate surface area is 161 Å². The molecule has 1 aliphatic heterocycles. The first-order chi connectivity index (χ1) is 13.2. The molecule has 5 nitrogen and oxygen atoms in total. The summed E-state index contributed by atoms with van der Waals surface area (Å²) < 4.78 is 11.6. The number of amides is 1. The van der Waals surface area contributed by atoms with Crippen LogP contribution in [0.2, 0.25) is 0 Å². The molecule has 1 aliphatic rings. The van der Waals surface area contributed by atoms with Crippen LogP contribution in [0, 0.1) is 6.92 Å². The number of benzene rings is 1. The standard InChI is InChI=1S/C22H28N2O3/c1-3-4-5-14-26-19-9-7-18(8-10-19)22(25)24-13-12-20(16-24)27-21-11-6-17(2)15-23-21/h6-11,15,20H,3-5,12-14,16H2,1-2H3. The summed E-state index contributed by atoms with van der Waals surface area (Å²) in [5, 5.41) is 0.